The maximum absolute atomic E-state index is 12.9. The number of amides is 1. The molecule has 0 unspecified atom stereocenters. The van der Waals surface area contributed by atoms with E-state index in [0.717, 1.165) is 35.4 Å². The smallest absolute Gasteiger partial charge is 0.273 e. The number of aromatic amines is 1. The fourth-order valence-corrected chi connectivity index (χ4v) is 3.73. The third kappa shape index (κ3) is 2.76. The monoisotopic (exact) mass is 377 g/mol. The summed E-state index contributed by atoms with van der Waals surface area (Å²) in [6, 6.07) is 11.3. The van der Waals surface area contributed by atoms with Crippen molar-refractivity contribution in [2.45, 2.75) is 12.8 Å². The summed E-state index contributed by atoms with van der Waals surface area (Å²) in [5.41, 5.74) is 5.13. The van der Waals surface area contributed by atoms with Crippen molar-refractivity contribution in [1.82, 2.24) is 10.2 Å². The molecule has 0 fully saturated rings. The predicted molar refractivity (Wildman–Crippen MR) is 103 cm³/mol. The van der Waals surface area contributed by atoms with Crippen LogP contribution in [0, 0.1) is 0 Å². The average Bonchev–Trinajstić information content (AvgIpc) is 3.18. The first-order valence-electron chi connectivity index (χ1n) is 9.18. The highest BCUT2D eigenvalue weighted by atomic mass is 16.6. The minimum Gasteiger partial charge on any atom is -0.497 e. The fourth-order valence-electron chi connectivity index (χ4n) is 3.73. The van der Waals surface area contributed by atoms with Gasteiger partial charge in [-0.25, -0.2) is 0 Å². The molecule has 3 aromatic rings. The Morgan fingerprint density at radius 3 is 2.82 bits per heavy atom. The quantitative estimate of drug-likeness (QED) is 0.732. The molecular weight excluding hydrogens is 358 g/mol. The van der Waals surface area contributed by atoms with Crippen molar-refractivity contribution in [2.24, 2.45) is 0 Å². The maximum Gasteiger partial charge on any atom is 0.273 e. The Bertz CT molecular complexity index is 1070. The number of nitrogens with zero attached hydrogens (tertiary/aromatic N) is 1. The van der Waals surface area contributed by atoms with Gasteiger partial charge in [0.05, 0.1) is 12.8 Å². The molecule has 0 spiro atoms. The SMILES string of the molecule is COc1ccc2c(c1)CCc1c-2n[nH]c1C(=O)Nc1ccc2c(c1)OCCO2. The van der Waals surface area contributed by atoms with Crippen molar-refractivity contribution >= 4 is 11.6 Å². The number of methoxy groups -OCH3 is 1. The lowest BCUT2D eigenvalue weighted by Gasteiger charge is -2.19. The molecular formula is C21H19N3O4. The number of hydrogen-bond donors (Lipinski definition) is 2. The number of carbonyl (C=O) groups excluding carboxylic acids is 1. The van der Waals surface area contributed by atoms with E-state index in [2.05, 4.69) is 15.5 Å². The normalized spacial score (nSPS) is 14.0. The molecule has 7 nitrogen and oxygen atoms in total. The summed E-state index contributed by atoms with van der Waals surface area (Å²) in [7, 11) is 1.66. The topological polar surface area (TPSA) is 85.5 Å². The highest BCUT2D eigenvalue weighted by molar-refractivity contribution is 6.05. The van der Waals surface area contributed by atoms with Crippen LogP contribution in [-0.4, -0.2) is 36.4 Å². The summed E-state index contributed by atoms with van der Waals surface area (Å²) in [6.07, 6.45) is 1.58. The van der Waals surface area contributed by atoms with Crippen LogP contribution >= 0.6 is 0 Å². The summed E-state index contributed by atoms with van der Waals surface area (Å²) >= 11 is 0. The highest BCUT2D eigenvalue weighted by Crippen LogP contribution is 2.36. The van der Waals surface area contributed by atoms with Crippen LogP contribution in [0.3, 0.4) is 0 Å². The van der Waals surface area contributed by atoms with Crippen LogP contribution in [0.5, 0.6) is 17.2 Å². The largest absolute Gasteiger partial charge is 0.497 e. The number of aryl methyl sites for hydroxylation is 1. The number of benzene rings is 2. The summed E-state index contributed by atoms with van der Waals surface area (Å²) in [5.74, 6) is 1.94. The average molecular weight is 377 g/mol. The number of fused-ring (bicyclic) bond motifs is 4. The molecule has 5 rings (SSSR count). The van der Waals surface area contributed by atoms with E-state index in [0.29, 0.717) is 36.1 Å². The molecule has 142 valence electrons. The van der Waals surface area contributed by atoms with E-state index in [4.69, 9.17) is 14.2 Å². The summed E-state index contributed by atoms with van der Waals surface area (Å²) in [5, 5.41) is 10.3. The molecule has 1 aromatic heterocycles. The van der Waals surface area contributed by atoms with Crippen LogP contribution in [0.25, 0.3) is 11.3 Å². The van der Waals surface area contributed by atoms with E-state index in [1.807, 2.05) is 18.2 Å². The molecule has 2 aliphatic rings. The van der Waals surface area contributed by atoms with E-state index in [-0.39, 0.29) is 5.91 Å². The Labute approximate surface area is 161 Å². The summed E-state index contributed by atoms with van der Waals surface area (Å²) in [6.45, 7) is 1.04. The van der Waals surface area contributed by atoms with Crippen LogP contribution < -0.4 is 19.5 Å². The minimum atomic E-state index is -0.220. The van der Waals surface area contributed by atoms with Gasteiger partial charge in [-0.3, -0.25) is 9.89 Å². The lowest BCUT2D eigenvalue weighted by molar-refractivity contribution is 0.102. The van der Waals surface area contributed by atoms with Gasteiger partial charge in [-0.05, 0) is 48.7 Å². The first kappa shape index (κ1) is 16.7. The van der Waals surface area contributed by atoms with Gasteiger partial charge in [0.1, 0.15) is 24.7 Å². The summed E-state index contributed by atoms with van der Waals surface area (Å²) < 4.78 is 16.4. The van der Waals surface area contributed by atoms with Gasteiger partial charge in [0.15, 0.2) is 11.5 Å². The van der Waals surface area contributed by atoms with Gasteiger partial charge >= 0.3 is 0 Å². The molecule has 28 heavy (non-hydrogen) atoms. The molecule has 1 aliphatic heterocycles. The molecule has 1 aliphatic carbocycles. The minimum absolute atomic E-state index is 0.220. The first-order chi connectivity index (χ1) is 13.7. The van der Waals surface area contributed by atoms with Crippen molar-refractivity contribution in [2.75, 3.05) is 25.6 Å². The van der Waals surface area contributed by atoms with Gasteiger partial charge in [0.25, 0.3) is 5.91 Å². The highest BCUT2D eigenvalue weighted by Gasteiger charge is 2.26. The Hall–Kier alpha value is -3.48. The number of anilines is 1. The zero-order valence-corrected chi connectivity index (χ0v) is 15.4. The van der Waals surface area contributed by atoms with Gasteiger partial charge in [0, 0.05) is 22.9 Å². The lowest BCUT2D eigenvalue weighted by atomic mass is 9.89. The van der Waals surface area contributed by atoms with Crippen LogP contribution in [0.2, 0.25) is 0 Å². The van der Waals surface area contributed by atoms with Crippen molar-refractivity contribution < 1.29 is 19.0 Å². The third-order valence-corrected chi connectivity index (χ3v) is 5.11. The second-order valence-electron chi connectivity index (χ2n) is 6.76. The maximum atomic E-state index is 12.9. The second-order valence-corrected chi connectivity index (χ2v) is 6.76. The molecule has 0 bridgehead atoms. The van der Waals surface area contributed by atoms with E-state index in [1.54, 1.807) is 25.3 Å². The molecule has 0 radical (unpaired) electrons. The summed E-state index contributed by atoms with van der Waals surface area (Å²) in [4.78, 5) is 12.9. The van der Waals surface area contributed by atoms with Crippen molar-refractivity contribution in [1.29, 1.82) is 0 Å². The van der Waals surface area contributed by atoms with Crippen molar-refractivity contribution in [3.8, 4) is 28.5 Å². The second kappa shape index (κ2) is 6.60. The molecule has 1 amide bonds. The van der Waals surface area contributed by atoms with Gasteiger partial charge in [-0.1, -0.05) is 0 Å². The number of aromatic nitrogens is 2. The number of rotatable bonds is 3. The molecule has 2 heterocycles. The molecule has 7 heteroatoms. The Balaban J connectivity index is 1.42. The molecule has 0 atom stereocenters. The Kier molecular flexibility index (Phi) is 3.93. The van der Waals surface area contributed by atoms with Crippen molar-refractivity contribution in [3.63, 3.8) is 0 Å². The molecule has 2 aromatic carbocycles. The number of H-pyrrole nitrogens is 1. The van der Waals surface area contributed by atoms with Gasteiger partial charge < -0.3 is 19.5 Å². The fraction of sp³-hybridized carbons (Fsp3) is 0.238. The zero-order chi connectivity index (χ0) is 19.1. The van der Waals surface area contributed by atoms with Gasteiger partial charge in [0.2, 0.25) is 0 Å². The molecule has 2 N–H and O–H groups in total. The number of hydrogen-bond acceptors (Lipinski definition) is 5. The van der Waals surface area contributed by atoms with Crippen LogP contribution in [-0.2, 0) is 12.8 Å². The first-order valence-corrected chi connectivity index (χ1v) is 9.18. The van der Waals surface area contributed by atoms with Gasteiger partial charge in [-0.15, -0.1) is 0 Å². The lowest BCUT2D eigenvalue weighted by Crippen LogP contribution is -2.17. The Morgan fingerprint density at radius 1 is 1.11 bits per heavy atom. The van der Waals surface area contributed by atoms with E-state index >= 15 is 0 Å². The van der Waals surface area contributed by atoms with Gasteiger partial charge in [-0.2, -0.15) is 5.10 Å². The standard InChI is InChI=1S/C21H19N3O4/c1-26-14-4-6-15-12(10-14)2-5-16-19(15)23-24-20(16)21(25)22-13-3-7-17-18(11-13)28-9-8-27-17/h3-4,6-7,10-11H,2,5,8-9H2,1H3,(H,22,25)(H,23,24). The van der Waals surface area contributed by atoms with E-state index in [1.165, 1.54) is 5.56 Å². The van der Waals surface area contributed by atoms with Crippen molar-refractivity contribution in [3.05, 3.63) is 53.2 Å². The number of nitrogens with one attached hydrogen (secondary N) is 2. The van der Waals surface area contributed by atoms with E-state index in [9.17, 15) is 4.79 Å². The number of ether oxygens (including phenoxy) is 3. The Morgan fingerprint density at radius 2 is 1.96 bits per heavy atom. The van der Waals surface area contributed by atoms with E-state index < -0.39 is 0 Å². The molecule has 0 saturated heterocycles. The van der Waals surface area contributed by atoms with Crippen LogP contribution in [0.1, 0.15) is 21.6 Å². The number of carbonyl (C=O) groups is 1. The van der Waals surface area contributed by atoms with Crippen LogP contribution in [0.4, 0.5) is 5.69 Å². The zero-order valence-electron chi connectivity index (χ0n) is 15.4. The predicted octanol–water partition coefficient (Wildman–Crippen LogP) is 3.21. The molecule has 0 saturated carbocycles. The third-order valence-electron chi connectivity index (χ3n) is 5.11. The van der Waals surface area contributed by atoms with Crippen LogP contribution in [0.15, 0.2) is 36.4 Å².